The van der Waals surface area contributed by atoms with E-state index in [2.05, 4.69) is 0 Å². The molecule has 3 N–H and O–H groups in total. The first-order valence-corrected chi connectivity index (χ1v) is 5.90. The van der Waals surface area contributed by atoms with Crippen molar-refractivity contribution in [1.29, 1.82) is 0 Å². The highest BCUT2D eigenvalue weighted by molar-refractivity contribution is 5.84. The largest absolute Gasteiger partial charge is 0.504 e. The molecule has 2 aromatic carbocycles. The van der Waals surface area contributed by atoms with Crippen molar-refractivity contribution in [2.24, 2.45) is 0 Å². The molecule has 3 rings (SSSR count). The molecule has 0 amide bonds. The van der Waals surface area contributed by atoms with E-state index in [0.29, 0.717) is 18.0 Å². The second-order valence-electron chi connectivity index (χ2n) is 4.27. The number of anilines is 1. The van der Waals surface area contributed by atoms with Gasteiger partial charge in [-0.15, -0.1) is 0 Å². The Morgan fingerprint density at radius 3 is 2.84 bits per heavy atom. The summed E-state index contributed by atoms with van der Waals surface area (Å²) < 4.78 is 11.0. The first kappa shape index (κ1) is 11.5. The molecule has 0 aliphatic rings. The number of fused-ring (bicyclic) bond motifs is 1. The summed E-state index contributed by atoms with van der Waals surface area (Å²) in [6, 6.07) is 12.3. The Kier molecular flexibility index (Phi) is 2.76. The third-order valence-corrected chi connectivity index (χ3v) is 2.93. The van der Waals surface area contributed by atoms with E-state index in [1.165, 1.54) is 0 Å². The van der Waals surface area contributed by atoms with E-state index in [9.17, 15) is 5.11 Å². The molecule has 0 spiro atoms. The van der Waals surface area contributed by atoms with Crippen molar-refractivity contribution in [3.8, 4) is 11.5 Å². The second kappa shape index (κ2) is 4.57. The topological polar surface area (TPSA) is 68.6 Å². The van der Waals surface area contributed by atoms with Gasteiger partial charge in [0.1, 0.15) is 12.2 Å². The zero-order chi connectivity index (χ0) is 13.2. The molecule has 4 heteroatoms. The number of furan rings is 1. The molecule has 3 aromatic rings. The number of hydrogen-bond donors (Lipinski definition) is 2. The van der Waals surface area contributed by atoms with Crippen LogP contribution in [0.4, 0.5) is 5.69 Å². The number of benzene rings is 2. The van der Waals surface area contributed by atoms with Gasteiger partial charge in [0.25, 0.3) is 0 Å². The van der Waals surface area contributed by atoms with Gasteiger partial charge in [0.2, 0.25) is 0 Å². The van der Waals surface area contributed by atoms with Crippen molar-refractivity contribution in [3.05, 3.63) is 54.3 Å². The van der Waals surface area contributed by atoms with Crippen LogP contribution in [0.1, 0.15) is 5.56 Å². The number of nitrogen functional groups attached to an aromatic ring is 1. The van der Waals surface area contributed by atoms with E-state index in [0.717, 1.165) is 16.5 Å². The zero-order valence-corrected chi connectivity index (χ0v) is 10.2. The van der Waals surface area contributed by atoms with Crippen molar-refractivity contribution in [1.82, 2.24) is 0 Å². The van der Waals surface area contributed by atoms with Crippen molar-refractivity contribution < 1.29 is 14.3 Å². The minimum Gasteiger partial charge on any atom is -0.504 e. The molecule has 1 aromatic heterocycles. The summed E-state index contributed by atoms with van der Waals surface area (Å²) in [7, 11) is 0. The van der Waals surface area contributed by atoms with Crippen LogP contribution in [-0.4, -0.2) is 5.11 Å². The molecule has 0 aliphatic heterocycles. The maximum absolute atomic E-state index is 9.63. The summed E-state index contributed by atoms with van der Waals surface area (Å²) >= 11 is 0. The maximum atomic E-state index is 9.63. The zero-order valence-electron chi connectivity index (χ0n) is 10.2. The summed E-state index contributed by atoms with van der Waals surface area (Å²) in [5.74, 6) is 0.565. The summed E-state index contributed by atoms with van der Waals surface area (Å²) in [6.45, 7) is 0.314. The summed E-state index contributed by atoms with van der Waals surface area (Å²) in [5, 5.41) is 10.6. The van der Waals surface area contributed by atoms with Crippen molar-refractivity contribution >= 4 is 16.7 Å². The molecule has 0 unspecified atom stereocenters. The van der Waals surface area contributed by atoms with Gasteiger partial charge in [-0.2, -0.15) is 0 Å². The number of ether oxygens (including phenoxy) is 1. The Bertz CT molecular complexity index is 718. The highest BCUT2D eigenvalue weighted by Crippen LogP contribution is 2.28. The van der Waals surface area contributed by atoms with Gasteiger partial charge in [0.05, 0.1) is 6.26 Å². The van der Waals surface area contributed by atoms with Crippen molar-refractivity contribution in [2.75, 3.05) is 5.73 Å². The van der Waals surface area contributed by atoms with Crippen LogP contribution in [0.25, 0.3) is 11.0 Å². The first-order valence-electron chi connectivity index (χ1n) is 5.90. The predicted molar refractivity (Wildman–Crippen MR) is 73.1 cm³/mol. The molecule has 96 valence electrons. The minimum absolute atomic E-state index is 0.120. The lowest BCUT2D eigenvalue weighted by molar-refractivity contribution is 0.289. The van der Waals surface area contributed by atoms with Gasteiger partial charge in [0, 0.05) is 16.6 Å². The average Bonchev–Trinajstić information content (AvgIpc) is 2.80. The van der Waals surface area contributed by atoms with E-state index in [1.54, 1.807) is 36.6 Å². The van der Waals surface area contributed by atoms with Crippen LogP contribution >= 0.6 is 0 Å². The fourth-order valence-corrected chi connectivity index (χ4v) is 1.95. The number of hydrogen-bond acceptors (Lipinski definition) is 4. The van der Waals surface area contributed by atoms with Crippen LogP contribution in [0.3, 0.4) is 0 Å². The Labute approximate surface area is 110 Å². The standard InChI is InChI=1S/C15H13NO3/c16-11-5-6-14-12(7-11)10(8-18-14)9-19-15-4-2-1-3-13(15)17/h1-8,17H,9,16H2. The summed E-state index contributed by atoms with van der Waals surface area (Å²) in [4.78, 5) is 0. The normalized spacial score (nSPS) is 10.7. The van der Waals surface area contributed by atoms with Gasteiger partial charge >= 0.3 is 0 Å². The third kappa shape index (κ3) is 2.20. The summed E-state index contributed by atoms with van der Waals surface area (Å²) in [6.07, 6.45) is 1.64. The summed E-state index contributed by atoms with van der Waals surface area (Å²) in [5.41, 5.74) is 8.10. The Balaban J connectivity index is 1.86. The fourth-order valence-electron chi connectivity index (χ4n) is 1.95. The second-order valence-corrected chi connectivity index (χ2v) is 4.27. The molecule has 0 radical (unpaired) electrons. The average molecular weight is 255 g/mol. The van der Waals surface area contributed by atoms with Crippen LogP contribution in [-0.2, 0) is 6.61 Å². The number of phenols is 1. The van der Waals surface area contributed by atoms with Gasteiger partial charge in [-0.05, 0) is 30.3 Å². The lowest BCUT2D eigenvalue weighted by Gasteiger charge is -2.06. The lowest BCUT2D eigenvalue weighted by atomic mass is 10.1. The van der Waals surface area contributed by atoms with Crippen LogP contribution in [0.5, 0.6) is 11.5 Å². The highest BCUT2D eigenvalue weighted by Gasteiger charge is 2.08. The molecule has 0 fully saturated rings. The number of phenolic OH excluding ortho intramolecular Hbond substituents is 1. The van der Waals surface area contributed by atoms with Gasteiger partial charge in [-0.3, -0.25) is 0 Å². The van der Waals surface area contributed by atoms with Gasteiger partial charge < -0.3 is 20.0 Å². The molecular formula is C15H13NO3. The molecule has 0 saturated heterocycles. The van der Waals surface area contributed by atoms with E-state index < -0.39 is 0 Å². The molecule has 0 bridgehead atoms. The Hall–Kier alpha value is -2.62. The molecule has 1 heterocycles. The molecule has 0 saturated carbocycles. The predicted octanol–water partition coefficient (Wildman–Crippen LogP) is 3.30. The van der Waals surface area contributed by atoms with Crippen molar-refractivity contribution in [2.45, 2.75) is 6.61 Å². The lowest BCUT2D eigenvalue weighted by Crippen LogP contribution is -1.94. The molecule has 4 nitrogen and oxygen atoms in total. The van der Waals surface area contributed by atoms with Crippen LogP contribution in [0, 0.1) is 0 Å². The van der Waals surface area contributed by atoms with E-state index >= 15 is 0 Å². The van der Waals surface area contributed by atoms with E-state index in [1.807, 2.05) is 12.1 Å². The van der Waals surface area contributed by atoms with Crippen LogP contribution in [0.15, 0.2) is 53.1 Å². The number of rotatable bonds is 3. The monoisotopic (exact) mass is 255 g/mol. The first-order chi connectivity index (χ1) is 9.24. The highest BCUT2D eigenvalue weighted by atomic mass is 16.5. The smallest absolute Gasteiger partial charge is 0.161 e. The molecular weight excluding hydrogens is 242 g/mol. The Morgan fingerprint density at radius 2 is 2.00 bits per heavy atom. The van der Waals surface area contributed by atoms with Crippen molar-refractivity contribution in [3.63, 3.8) is 0 Å². The SMILES string of the molecule is Nc1ccc2occ(COc3ccccc3O)c2c1. The quantitative estimate of drug-likeness (QED) is 0.704. The minimum atomic E-state index is 0.120. The maximum Gasteiger partial charge on any atom is 0.161 e. The van der Waals surface area contributed by atoms with Gasteiger partial charge in [-0.25, -0.2) is 0 Å². The van der Waals surface area contributed by atoms with E-state index in [4.69, 9.17) is 14.9 Å². The van der Waals surface area contributed by atoms with Gasteiger partial charge in [0.15, 0.2) is 11.5 Å². The number of aromatic hydroxyl groups is 1. The van der Waals surface area contributed by atoms with E-state index in [-0.39, 0.29) is 5.75 Å². The van der Waals surface area contributed by atoms with Crippen LogP contribution < -0.4 is 10.5 Å². The fraction of sp³-hybridized carbons (Fsp3) is 0.0667. The molecule has 0 aliphatic carbocycles. The number of nitrogens with two attached hydrogens (primary N) is 1. The third-order valence-electron chi connectivity index (χ3n) is 2.93. The molecule has 0 atom stereocenters. The number of para-hydroxylation sites is 2. The Morgan fingerprint density at radius 1 is 1.16 bits per heavy atom. The van der Waals surface area contributed by atoms with Gasteiger partial charge in [-0.1, -0.05) is 12.1 Å². The molecule has 19 heavy (non-hydrogen) atoms. The van der Waals surface area contributed by atoms with Crippen LogP contribution in [0.2, 0.25) is 0 Å².